The van der Waals surface area contributed by atoms with Gasteiger partial charge in [0.25, 0.3) is 5.91 Å². The fourth-order valence-corrected chi connectivity index (χ4v) is 4.64. The molecule has 0 saturated heterocycles. The van der Waals surface area contributed by atoms with E-state index in [-0.39, 0.29) is 11.6 Å². The number of nitrogens with zero attached hydrogens (tertiary/aromatic N) is 3. The van der Waals surface area contributed by atoms with Gasteiger partial charge in [0.1, 0.15) is 11.6 Å². The summed E-state index contributed by atoms with van der Waals surface area (Å²) in [5.74, 6) is -0.450. The Bertz CT molecular complexity index is 906. The summed E-state index contributed by atoms with van der Waals surface area (Å²) in [6.45, 7) is 8.54. The van der Waals surface area contributed by atoms with E-state index in [1.54, 1.807) is 24.9 Å². The topological polar surface area (TPSA) is 79.9 Å². The molecule has 0 aromatic carbocycles. The monoisotopic (exact) mass is 404 g/mol. The van der Waals surface area contributed by atoms with Crippen LogP contribution in [0.5, 0.6) is 0 Å². The third-order valence-electron chi connectivity index (χ3n) is 4.20. The van der Waals surface area contributed by atoms with Crippen molar-refractivity contribution in [3.8, 4) is 6.07 Å². The van der Waals surface area contributed by atoms with E-state index in [1.165, 1.54) is 11.3 Å². The Hall–Kier alpha value is -2.08. The molecule has 2 rings (SSSR count). The zero-order valence-electron chi connectivity index (χ0n) is 16.4. The average Bonchev–Trinajstić information content (AvgIpc) is 3.11. The fourth-order valence-electron chi connectivity index (χ4n) is 3.04. The molecular weight excluding hydrogens is 380 g/mol. The van der Waals surface area contributed by atoms with Crippen LogP contribution >= 0.6 is 23.1 Å². The molecule has 0 fully saturated rings. The molecule has 2 aromatic heterocycles. The van der Waals surface area contributed by atoms with Crippen LogP contribution < -0.4 is 5.32 Å². The quantitative estimate of drug-likeness (QED) is 0.422. The third-order valence-corrected chi connectivity index (χ3v) is 6.48. The first-order valence-electron chi connectivity index (χ1n) is 8.44. The van der Waals surface area contributed by atoms with Crippen LogP contribution in [0.4, 0.5) is 5.13 Å². The van der Waals surface area contributed by atoms with Crippen LogP contribution in [0.2, 0.25) is 0 Å². The number of amides is 1. The molecule has 0 saturated carbocycles. The maximum atomic E-state index is 12.5. The lowest BCUT2D eigenvalue weighted by Gasteiger charge is -2.17. The minimum Gasteiger partial charge on any atom is -0.383 e. The molecule has 0 bridgehead atoms. The first kappa shape index (κ1) is 21.2. The van der Waals surface area contributed by atoms with Crippen LogP contribution in [0.3, 0.4) is 0 Å². The number of thioether (sulfide) groups is 1. The Morgan fingerprint density at radius 2 is 2.22 bits per heavy atom. The maximum Gasteiger partial charge on any atom is 0.268 e. The SMILES string of the molecule is COCC(C)n1c(C)cc(/C=C(/C#N)C(=O)Nc2nc(C)c(SC)s2)c1C. The summed E-state index contributed by atoms with van der Waals surface area (Å²) in [5.41, 5.74) is 3.82. The van der Waals surface area contributed by atoms with E-state index in [2.05, 4.69) is 21.8 Å². The van der Waals surface area contributed by atoms with Crippen molar-refractivity contribution in [3.05, 3.63) is 34.3 Å². The first-order chi connectivity index (χ1) is 12.8. The zero-order valence-corrected chi connectivity index (χ0v) is 18.0. The molecule has 0 aliphatic rings. The molecule has 2 aromatic rings. The Balaban J connectivity index is 2.28. The summed E-state index contributed by atoms with van der Waals surface area (Å²) >= 11 is 2.99. The average molecular weight is 405 g/mol. The van der Waals surface area contributed by atoms with E-state index < -0.39 is 5.91 Å². The fraction of sp³-hybridized carbons (Fsp3) is 0.421. The van der Waals surface area contributed by atoms with Crippen molar-refractivity contribution in [1.29, 1.82) is 5.26 Å². The minimum absolute atomic E-state index is 0.0493. The Morgan fingerprint density at radius 1 is 1.52 bits per heavy atom. The van der Waals surface area contributed by atoms with Gasteiger partial charge < -0.3 is 9.30 Å². The number of carbonyl (C=O) groups is 1. The molecule has 1 atom stereocenters. The number of hydrogen-bond acceptors (Lipinski definition) is 6. The molecule has 1 unspecified atom stereocenters. The van der Waals surface area contributed by atoms with Crippen LogP contribution in [0, 0.1) is 32.1 Å². The van der Waals surface area contributed by atoms with Gasteiger partial charge in [0.05, 0.1) is 22.6 Å². The van der Waals surface area contributed by atoms with Crippen LogP contribution in [0.1, 0.15) is 35.6 Å². The van der Waals surface area contributed by atoms with Gasteiger partial charge in [-0.2, -0.15) is 5.26 Å². The van der Waals surface area contributed by atoms with E-state index in [1.807, 2.05) is 39.2 Å². The summed E-state index contributed by atoms with van der Waals surface area (Å²) in [7, 11) is 1.67. The maximum absolute atomic E-state index is 12.5. The number of nitriles is 1. The van der Waals surface area contributed by atoms with Crippen LogP contribution in [0.25, 0.3) is 6.08 Å². The van der Waals surface area contributed by atoms with E-state index in [0.717, 1.165) is 26.9 Å². The molecule has 27 heavy (non-hydrogen) atoms. The van der Waals surface area contributed by atoms with Gasteiger partial charge in [-0.1, -0.05) is 11.3 Å². The second-order valence-corrected chi connectivity index (χ2v) is 8.29. The van der Waals surface area contributed by atoms with Gasteiger partial charge >= 0.3 is 0 Å². The van der Waals surface area contributed by atoms with Gasteiger partial charge in [-0.3, -0.25) is 10.1 Å². The normalized spacial score (nSPS) is 12.7. The van der Waals surface area contributed by atoms with Crippen molar-refractivity contribution in [2.45, 2.75) is 37.9 Å². The molecule has 8 heteroatoms. The number of rotatable bonds is 7. The highest BCUT2D eigenvalue weighted by Crippen LogP contribution is 2.30. The lowest BCUT2D eigenvalue weighted by atomic mass is 10.1. The van der Waals surface area contributed by atoms with Crippen molar-refractivity contribution < 1.29 is 9.53 Å². The number of thiazole rings is 1. The second-order valence-electron chi connectivity index (χ2n) is 6.22. The van der Waals surface area contributed by atoms with Crippen molar-refractivity contribution in [3.63, 3.8) is 0 Å². The third kappa shape index (κ3) is 4.80. The highest BCUT2D eigenvalue weighted by Gasteiger charge is 2.17. The highest BCUT2D eigenvalue weighted by molar-refractivity contribution is 8.00. The molecule has 144 valence electrons. The largest absolute Gasteiger partial charge is 0.383 e. The van der Waals surface area contributed by atoms with E-state index >= 15 is 0 Å². The zero-order chi connectivity index (χ0) is 20.1. The van der Waals surface area contributed by atoms with Gasteiger partial charge in [-0.15, -0.1) is 11.8 Å². The molecule has 1 N–H and O–H groups in total. The van der Waals surface area contributed by atoms with E-state index in [4.69, 9.17) is 4.74 Å². The number of nitrogens with one attached hydrogen (secondary N) is 1. The molecular formula is C19H24N4O2S2. The number of hydrogen-bond donors (Lipinski definition) is 1. The Morgan fingerprint density at radius 3 is 2.78 bits per heavy atom. The second kappa shape index (κ2) is 9.22. The predicted octanol–water partition coefficient (Wildman–Crippen LogP) is 4.34. The lowest BCUT2D eigenvalue weighted by Crippen LogP contribution is -2.14. The molecule has 0 aliphatic carbocycles. The number of aromatic nitrogens is 2. The van der Waals surface area contributed by atoms with Gasteiger partial charge in [-0.05, 0) is 51.7 Å². The van der Waals surface area contributed by atoms with Crippen molar-refractivity contribution in [2.24, 2.45) is 0 Å². The molecule has 0 radical (unpaired) electrons. The summed E-state index contributed by atoms with van der Waals surface area (Å²) in [6.07, 6.45) is 3.59. The summed E-state index contributed by atoms with van der Waals surface area (Å²) in [5, 5.41) is 12.7. The van der Waals surface area contributed by atoms with Crippen molar-refractivity contribution in [2.75, 3.05) is 25.3 Å². The van der Waals surface area contributed by atoms with Crippen LogP contribution in [0.15, 0.2) is 15.8 Å². The summed E-state index contributed by atoms with van der Waals surface area (Å²) in [4.78, 5) is 16.9. The Labute approximate surface area is 168 Å². The van der Waals surface area contributed by atoms with Crippen molar-refractivity contribution >= 4 is 40.2 Å². The highest BCUT2D eigenvalue weighted by atomic mass is 32.2. The number of carbonyl (C=O) groups excluding carboxylic acids is 1. The van der Waals surface area contributed by atoms with E-state index in [0.29, 0.717) is 11.7 Å². The number of anilines is 1. The van der Waals surface area contributed by atoms with Gasteiger partial charge in [0.2, 0.25) is 0 Å². The Kier molecular flexibility index (Phi) is 7.25. The molecule has 2 heterocycles. The molecule has 0 spiro atoms. The van der Waals surface area contributed by atoms with Gasteiger partial charge in [-0.25, -0.2) is 4.98 Å². The molecule has 1 amide bonds. The van der Waals surface area contributed by atoms with Crippen LogP contribution in [-0.4, -0.2) is 35.4 Å². The van der Waals surface area contributed by atoms with E-state index in [9.17, 15) is 10.1 Å². The number of ether oxygens (including phenoxy) is 1. The lowest BCUT2D eigenvalue weighted by molar-refractivity contribution is -0.112. The van der Waals surface area contributed by atoms with Crippen molar-refractivity contribution in [1.82, 2.24) is 9.55 Å². The predicted molar refractivity (Wildman–Crippen MR) is 111 cm³/mol. The van der Waals surface area contributed by atoms with Crippen LogP contribution in [-0.2, 0) is 9.53 Å². The summed E-state index contributed by atoms with van der Waals surface area (Å²) in [6, 6.07) is 4.15. The molecule has 6 nitrogen and oxygen atoms in total. The van der Waals surface area contributed by atoms with Gasteiger partial charge in [0, 0.05) is 18.5 Å². The molecule has 0 aliphatic heterocycles. The first-order valence-corrected chi connectivity index (χ1v) is 10.5. The number of methoxy groups -OCH3 is 1. The van der Waals surface area contributed by atoms with Gasteiger partial charge in [0.15, 0.2) is 5.13 Å². The minimum atomic E-state index is -0.450. The number of aryl methyl sites for hydroxylation is 2. The summed E-state index contributed by atoms with van der Waals surface area (Å²) < 4.78 is 8.44. The standard InChI is InChI=1S/C19H24N4O2S2/c1-11-7-15(14(4)23(11)12(2)10-25-5)8-16(9-20)17(24)22-19-21-13(3)18(26-6)27-19/h7-8,12H,10H2,1-6H3,(H,21,22,24)/b16-8-. The smallest absolute Gasteiger partial charge is 0.268 e.